The molecule has 2 N–H and O–H groups in total. The second kappa shape index (κ2) is 10.6. The molecular formula is C22H35N3O. The van der Waals surface area contributed by atoms with Crippen LogP contribution in [0, 0.1) is 0 Å². The molecule has 0 radical (unpaired) electrons. The average Bonchev–Trinajstić information content (AvgIpc) is 3.30. The standard InChI is InChI=1S/C22H35N3O/c1-2-3-4-5-6-7-8-9-11-18-13-14-21-20(16-18)25-22(26-21)24-17-19-12-10-15-23-19/h13-14,16,19,23H,2-12,15,17H2,1H3,(H,24,25)/t19-/m0/s1. The van der Waals surface area contributed by atoms with Gasteiger partial charge in [-0.05, 0) is 49.9 Å². The summed E-state index contributed by atoms with van der Waals surface area (Å²) in [5, 5.41) is 6.82. The second-order valence-electron chi connectivity index (χ2n) is 7.72. The van der Waals surface area contributed by atoms with Gasteiger partial charge in [0.05, 0.1) is 0 Å². The number of hydrogen-bond acceptors (Lipinski definition) is 4. The van der Waals surface area contributed by atoms with Crippen LogP contribution < -0.4 is 10.6 Å². The smallest absolute Gasteiger partial charge is 0.295 e. The van der Waals surface area contributed by atoms with Gasteiger partial charge in [-0.25, -0.2) is 0 Å². The molecule has 4 nitrogen and oxygen atoms in total. The maximum Gasteiger partial charge on any atom is 0.295 e. The van der Waals surface area contributed by atoms with Crippen LogP contribution in [0.4, 0.5) is 6.01 Å². The normalized spacial score (nSPS) is 17.2. The number of aryl methyl sites for hydroxylation is 1. The Hall–Kier alpha value is -1.55. The third kappa shape index (κ3) is 6.01. The van der Waals surface area contributed by atoms with Crippen LogP contribution in [0.1, 0.15) is 76.7 Å². The molecule has 1 aliphatic rings. The number of nitrogens with zero attached hydrogens (tertiary/aromatic N) is 1. The third-order valence-corrected chi connectivity index (χ3v) is 5.43. The highest BCUT2D eigenvalue weighted by Gasteiger charge is 2.14. The maximum absolute atomic E-state index is 5.82. The van der Waals surface area contributed by atoms with Gasteiger partial charge in [0.25, 0.3) is 6.01 Å². The van der Waals surface area contributed by atoms with Crippen molar-refractivity contribution in [3.05, 3.63) is 23.8 Å². The summed E-state index contributed by atoms with van der Waals surface area (Å²) in [7, 11) is 0. The van der Waals surface area contributed by atoms with Gasteiger partial charge in [-0.15, -0.1) is 0 Å². The van der Waals surface area contributed by atoms with Crippen molar-refractivity contribution in [2.24, 2.45) is 0 Å². The number of benzene rings is 1. The van der Waals surface area contributed by atoms with E-state index in [1.54, 1.807) is 0 Å². The first-order valence-corrected chi connectivity index (χ1v) is 10.7. The Kier molecular flexibility index (Phi) is 7.81. The van der Waals surface area contributed by atoms with Gasteiger partial charge >= 0.3 is 0 Å². The largest absolute Gasteiger partial charge is 0.424 e. The van der Waals surface area contributed by atoms with Gasteiger partial charge in [0.1, 0.15) is 5.52 Å². The number of aromatic nitrogens is 1. The number of fused-ring (bicyclic) bond motifs is 1. The summed E-state index contributed by atoms with van der Waals surface area (Å²) < 4.78 is 5.82. The van der Waals surface area contributed by atoms with Crippen molar-refractivity contribution in [3.8, 4) is 0 Å². The molecule has 0 spiro atoms. The molecule has 0 unspecified atom stereocenters. The Morgan fingerprint density at radius 2 is 1.92 bits per heavy atom. The summed E-state index contributed by atoms with van der Waals surface area (Å²) in [5.74, 6) is 0. The van der Waals surface area contributed by atoms with Crippen LogP contribution >= 0.6 is 0 Å². The predicted molar refractivity (Wildman–Crippen MR) is 110 cm³/mol. The molecule has 26 heavy (non-hydrogen) atoms. The molecule has 1 aliphatic heterocycles. The van der Waals surface area contributed by atoms with Gasteiger partial charge in [0.2, 0.25) is 0 Å². The lowest BCUT2D eigenvalue weighted by Gasteiger charge is -2.09. The van der Waals surface area contributed by atoms with Crippen molar-refractivity contribution in [2.75, 3.05) is 18.4 Å². The van der Waals surface area contributed by atoms with Crippen LogP contribution in [-0.4, -0.2) is 24.1 Å². The molecule has 0 saturated carbocycles. The molecule has 1 aromatic heterocycles. The average molecular weight is 358 g/mol. The molecule has 3 rings (SSSR count). The molecule has 4 heteroatoms. The Bertz CT molecular complexity index is 646. The molecule has 0 aliphatic carbocycles. The van der Waals surface area contributed by atoms with Gasteiger partial charge < -0.3 is 15.1 Å². The van der Waals surface area contributed by atoms with E-state index in [9.17, 15) is 0 Å². The zero-order chi connectivity index (χ0) is 18.0. The summed E-state index contributed by atoms with van der Waals surface area (Å²) in [6.07, 6.45) is 14.6. The summed E-state index contributed by atoms with van der Waals surface area (Å²) in [4.78, 5) is 4.61. The van der Waals surface area contributed by atoms with Crippen LogP contribution in [0.15, 0.2) is 22.6 Å². The zero-order valence-corrected chi connectivity index (χ0v) is 16.4. The predicted octanol–water partition coefficient (Wildman–Crippen LogP) is 5.67. The van der Waals surface area contributed by atoms with E-state index < -0.39 is 0 Å². The van der Waals surface area contributed by atoms with E-state index >= 15 is 0 Å². The van der Waals surface area contributed by atoms with E-state index in [0.29, 0.717) is 12.1 Å². The number of nitrogens with one attached hydrogen (secondary N) is 2. The van der Waals surface area contributed by atoms with Gasteiger partial charge in [0, 0.05) is 12.6 Å². The minimum absolute atomic E-state index is 0.544. The van der Waals surface area contributed by atoms with Crippen LogP contribution in [0.2, 0.25) is 0 Å². The summed E-state index contributed by atoms with van der Waals surface area (Å²) >= 11 is 0. The molecule has 2 aromatic rings. The minimum atomic E-state index is 0.544. The number of hydrogen-bond donors (Lipinski definition) is 2. The fourth-order valence-corrected chi connectivity index (χ4v) is 3.81. The van der Waals surface area contributed by atoms with Gasteiger partial charge in [-0.3, -0.25) is 0 Å². The quantitative estimate of drug-likeness (QED) is 0.480. The maximum atomic E-state index is 5.82. The minimum Gasteiger partial charge on any atom is -0.424 e. The summed E-state index contributed by atoms with van der Waals surface area (Å²) in [6.45, 7) is 4.29. The van der Waals surface area contributed by atoms with E-state index in [-0.39, 0.29) is 0 Å². The fraction of sp³-hybridized carbons (Fsp3) is 0.682. The first kappa shape index (κ1) is 19.2. The van der Waals surface area contributed by atoms with Crippen molar-refractivity contribution >= 4 is 17.1 Å². The van der Waals surface area contributed by atoms with Crippen molar-refractivity contribution in [3.63, 3.8) is 0 Å². The Morgan fingerprint density at radius 3 is 2.69 bits per heavy atom. The molecule has 0 amide bonds. The highest BCUT2D eigenvalue weighted by Crippen LogP contribution is 2.21. The third-order valence-electron chi connectivity index (χ3n) is 5.43. The van der Waals surface area contributed by atoms with Crippen LogP contribution in [0.3, 0.4) is 0 Å². The van der Waals surface area contributed by atoms with Crippen molar-refractivity contribution < 1.29 is 4.42 Å². The number of rotatable bonds is 12. The molecule has 1 aromatic carbocycles. The molecule has 2 heterocycles. The molecule has 1 atom stereocenters. The number of unbranched alkanes of at least 4 members (excludes halogenated alkanes) is 7. The van der Waals surface area contributed by atoms with Crippen LogP contribution in [-0.2, 0) is 6.42 Å². The van der Waals surface area contributed by atoms with Gasteiger partial charge in [-0.1, -0.05) is 57.9 Å². The number of oxazole rings is 1. The first-order chi connectivity index (χ1) is 12.8. The zero-order valence-electron chi connectivity index (χ0n) is 16.4. The molecular weight excluding hydrogens is 322 g/mol. The van der Waals surface area contributed by atoms with E-state index in [2.05, 4.69) is 40.7 Å². The Labute approximate surface area is 158 Å². The second-order valence-corrected chi connectivity index (χ2v) is 7.72. The van der Waals surface area contributed by atoms with Crippen molar-refractivity contribution in [2.45, 2.75) is 83.6 Å². The van der Waals surface area contributed by atoms with E-state index in [1.165, 1.54) is 69.8 Å². The lowest BCUT2D eigenvalue weighted by atomic mass is 10.0. The van der Waals surface area contributed by atoms with Crippen molar-refractivity contribution in [1.29, 1.82) is 0 Å². The van der Waals surface area contributed by atoms with Crippen LogP contribution in [0.25, 0.3) is 11.1 Å². The van der Waals surface area contributed by atoms with Gasteiger partial charge in [0.15, 0.2) is 5.58 Å². The molecule has 0 bridgehead atoms. The van der Waals surface area contributed by atoms with Crippen molar-refractivity contribution in [1.82, 2.24) is 10.3 Å². The van der Waals surface area contributed by atoms with E-state index in [1.807, 2.05) is 0 Å². The summed E-state index contributed by atoms with van der Waals surface area (Å²) in [6, 6.07) is 7.65. The SMILES string of the molecule is CCCCCCCCCCc1ccc2oc(NC[C@@H]3CCCN3)nc2c1. The Morgan fingerprint density at radius 1 is 1.12 bits per heavy atom. The highest BCUT2D eigenvalue weighted by atomic mass is 16.4. The Balaban J connectivity index is 1.39. The monoisotopic (exact) mass is 357 g/mol. The number of anilines is 1. The first-order valence-electron chi connectivity index (χ1n) is 10.7. The van der Waals surface area contributed by atoms with E-state index in [4.69, 9.17) is 4.42 Å². The fourth-order valence-electron chi connectivity index (χ4n) is 3.81. The molecule has 144 valence electrons. The topological polar surface area (TPSA) is 50.1 Å². The lowest BCUT2D eigenvalue weighted by Crippen LogP contribution is -2.29. The summed E-state index contributed by atoms with van der Waals surface area (Å²) in [5.41, 5.74) is 3.23. The van der Waals surface area contributed by atoms with Crippen LogP contribution in [0.5, 0.6) is 0 Å². The van der Waals surface area contributed by atoms with Gasteiger partial charge in [-0.2, -0.15) is 4.98 Å². The van der Waals surface area contributed by atoms with E-state index in [0.717, 1.165) is 30.6 Å². The molecule has 1 saturated heterocycles. The lowest BCUT2D eigenvalue weighted by molar-refractivity contribution is 0.575. The molecule has 1 fully saturated rings. The highest BCUT2D eigenvalue weighted by molar-refractivity contribution is 5.75.